The summed E-state index contributed by atoms with van der Waals surface area (Å²) in [6.45, 7) is 1.27. The van der Waals surface area contributed by atoms with Gasteiger partial charge in [0.1, 0.15) is 11.4 Å². The van der Waals surface area contributed by atoms with Gasteiger partial charge < -0.3 is 5.32 Å². The predicted octanol–water partition coefficient (Wildman–Crippen LogP) is 2.86. The highest BCUT2D eigenvalue weighted by Crippen LogP contribution is 2.29. The van der Waals surface area contributed by atoms with Crippen molar-refractivity contribution in [1.82, 2.24) is 9.62 Å². The van der Waals surface area contributed by atoms with Crippen LogP contribution in [-0.2, 0) is 14.8 Å². The molecule has 2 amide bonds. The molecule has 1 N–H and O–H groups in total. The van der Waals surface area contributed by atoms with Crippen molar-refractivity contribution in [2.45, 2.75) is 17.9 Å². The molecule has 3 aromatic rings. The van der Waals surface area contributed by atoms with Gasteiger partial charge in [0.15, 0.2) is 0 Å². The largest absolute Gasteiger partial charge is 0.348 e. The van der Waals surface area contributed by atoms with Crippen molar-refractivity contribution in [3.8, 4) is 0 Å². The van der Waals surface area contributed by atoms with Gasteiger partial charge in [0.25, 0.3) is 15.9 Å². The Balaban J connectivity index is 1.50. The Hall–Kier alpha value is -3.19. The standard InChI is InChI=1S/C21H18N2O4S/c1-14(16-11-10-15-6-2-3-7-17(15)12-16)22-20(24)13-23-21(25)18-8-4-5-9-19(18)28(23,26)27/h2-12,14H,13H2,1H3,(H,22,24). The highest BCUT2D eigenvalue weighted by molar-refractivity contribution is 7.90. The number of hydrogen-bond donors (Lipinski definition) is 1. The van der Waals surface area contributed by atoms with Crippen LogP contribution in [0.1, 0.15) is 28.9 Å². The number of nitrogens with zero attached hydrogens (tertiary/aromatic N) is 1. The van der Waals surface area contributed by atoms with Crippen LogP contribution in [0.25, 0.3) is 10.8 Å². The highest BCUT2D eigenvalue weighted by Gasteiger charge is 2.41. The smallest absolute Gasteiger partial charge is 0.269 e. The molecule has 0 radical (unpaired) electrons. The van der Waals surface area contributed by atoms with Crippen molar-refractivity contribution in [3.05, 3.63) is 77.9 Å². The third-order valence-electron chi connectivity index (χ3n) is 4.85. The van der Waals surface area contributed by atoms with E-state index in [2.05, 4.69) is 5.32 Å². The summed E-state index contributed by atoms with van der Waals surface area (Å²) in [5, 5.41) is 4.92. The van der Waals surface area contributed by atoms with E-state index in [9.17, 15) is 18.0 Å². The number of carbonyl (C=O) groups is 2. The maximum absolute atomic E-state index is 12.6. The van der Waals surface area contributed by atoms with Gasteiger partial charge in [0, 0.05) is 0 Å². The Labute approximate surface area is 162 Å². The lowest BCUT2D eigenvalue weighted by atomic mass is 10.0. The molecule has 7 heteroatoms. The molecule has 1 atom stereocenters. The van der Waals surface area contributed by atoms with Crippen LogP contribution in [0.4, 0.5) is 0 Å². The van der Waals surface area contributed by atoms with Crippen LogP contribution in [0.5, 0.6) is 0 Å². The van der Waals surface area contributed by atoms with Gasteiger partial charge in [-0.15, -0.1) is 0 Å². The van der Waals surface area contributed by atoms with Crippen LogP contribution in [-0.4, -0.2) is 31.1 Å². The molecule has 4 rings (SSSR count). The molecule has 142 valence electrons. The number of sulfonamides is 1. The SMILES string of the molecule is CC(NC(=O)CN1C(=O)c2ccccc2S1(=O)=O)c1ccc2ccccc2c1. The maximum Gasteiger partial charge on any atom is 0.269 e. The van der Waals surface area contributed by atoms with Crippen LogP contribution >= 0.6 is 0 Å². The van der Waals surface area contributed by atoms with Crippen molar-refractivity contribution in [2.24, 2.45) is 0 Å². The van der Waals surface area contributed by atoms with Gasteiger partial charge in [-0.05, 0) is 41.5 Å². The van der Waals surface area contributed by atoms with E-state index in [4.69, 9.17) is 0 Å². The average molecular weight is 394 g/mol. The monoisotopic (exact) mass is 394 g/mol. The lowest BCUT2D eigenvalue weighted by Crippen LogP contribution is -2.41. The van der Waals surface area contributed by atoms with E-state index >= 15 is 0 Å². The summed E-state index contributed by atoms with van der Waals surface area (Å²) in [5.74, 6) is -1.21. The summed E-state index contributed by atoms with van der Waals surface area (Å²) < 4.78 is 25.7. The van der Waals surface area contributed by atoms with Gasteiger partial charge in [0.05, 0.1) is 11.6 Å². The van der Waals surface area contributed by atoms with E-state index in [1.165, 1.54) is 12.1 Å². The summed E-state index contributed by atoms with van der Waals surface area (Å²) in [4.78, 5) is 24.8. The average Bonchev–Trinajstić information content (AvgIpc) is 2.88. The second kappa shape index (κ2) is 6.76. The molecule has 0 saturated carbocycles. The number of carbonyl (C=O) groups excluding carboxylic acids is 2. The fourth-order valence-electron chi connectivity index (χ4n) is 3.37. The summed E-state index contributed by atoms with van der Waals surface area (Å²) in [6.07, 6.45) is 0. The number of benzene rings is 3. The van der Waals surface area contributed by atoms with E-state index in [1.54, 1.807) is 12.1 Å². The van der Waals surface area contributed by atoms with Crippen molar-refractivity contribution in [3.63, 3.8) is 0 Å². The minimum absolute atomic E-state index is 0.0598. The molecule has 28 heavy (non-hydrogen) atoms. The predicted molar refractivity (Wildman–Crippen MR) is 105 cm³/mol. The zero-order valence-electron chi connectivity index (χ0n) is 15.1. The number of hydrogen-bond acceptors (Lipinski definition) is 4. The molecule has 0 spiro atoms. The normalized spacial score (nSPS) is 16.0. The molecule has 6 nitrogen and oxygen atoms in total. The summed E-state index contributed by atoms with van der Waals surface area (Å²) in [6, 6.07) is 19.4. The molecular weight excluding hydrogens is 376 g/mol. The Kier molecular flexibility index (Phi) is 4.39. The molecule has 0 bridgehead atoms. The number of amides is 2. The molecule has 0 saturated heterocycles. The van der Waals surface area contributed by atoms with Crippen molar-refractivity contribution in [2.75, 3.05) is 6.54 Å². The lowest BCUT2D eigenvalue weighted by molar-refractivity contribution is -0.121. The second-order valence-corrected chi connectivity index (χ2v) is 8.54. The Bertz CT molecular complexity index is 1200. The van der Waals surface area contributed by atoms with Gasteiger partial charge in [-0.25, -0.2) is 12.7 Å². The molecule has 1 aliphatic heterocycles. The van der Waals surface area contributed by atoms with Crippen LogP contribution in [0.3, 0.4) is 0 Å². The zero-order valence-corrected chi connectivity index (χ0v) is 15.9. The molecule has 0 aromatic heterocycles. The van der Waals surface area contributed by atoms with Crippen LogP contribution in [0.15, 0.2) is 71.6 Å². The quantitative estimate of drug-likeness (QED) is 0.738. The van der Waals surface area contributed by atoms with Crippen molar-refractivity contribution >= 4 is 32.6 Å². The molecule has 1 heterocycles. The number of nitrogens with one attached hydrogen (secondary N) is 1. The van der Waals surface area contributed by atoms with Gasteiger partial charge in [-0.2, -0.15) is 0 Å². The van der Waals surface area contributed by atoms with Crippen LogP contribution < -0.4 is 5.32 Å². The highest BCUT2D eigenvalue weighted by atomic mass is 32.2. The topological polar surface area (TPSA) is 83.6 Å². The minimum atomic E-state index is -4.00. The van der Waals surface area contributed by atoms with E-state index in [-0.39, 0.29) is 16.5 Å². The van der Waals surface area contributed by atoms with Crippen molar-refractivity contribution < 1.29 is 18.0 Å². The minimum Gasteiger partial charge on any atom is -0.348 e. The van der Waals surface area contributed by atoms with Gasteiger partial charge in [-0.1, -0.05) is 48.5 Å². The summed E-state index contributed by atoms with van der Waals surface area (Å²) in [7, 11) is -4.00. The van der Waals surface area contributed by atoms with Crippen LogP contribution in [0.2, 0.25) is 0 Å². The van der Waals surface area contributed by atoms with E-state index < -0.39 is 28.4 Å². The maximum atomic E-state index is 12.6. The van der Waals surface area contributed by atoms with Crippen LogP contribution in [0, 0.1) is 0 Å². The first-order valence-corrected chi connectivity index (χ1v) is 10.3. The van der Waals surface area contributed by atoms with E-state index in [1.807, 2.05) is 49.4 Å². The fraction of sp³-hybridized carbons (Fsp3) is 0.143. The zero-order chi connectivity index (χ0) is 19.9. The Morgan fingerprint density at radius 1 is 1.00 bits per heavy atom. The fourth-order valence-corrected chi connectivity index (χ4v) is 4.89. The van der Waals surface area contributed by atoms with Gasteiger partial charge in [-0.3, -0.25) is 9.59 Å². The van der Waals surface area contributed by atoms with E-state index in [0.717, 1.165) is 16.3 Å². The first-order chi connectivity index (χ1) is 13.4. The third-order valence-corrected chi connectivity index (χ3v) is 6.64. The second-order valence-electron chi connectivity index (χ2n) is 6.71. The number of rotatable bonds is 4. The van der Waals surface area contributed by atoms with Gasteiger partial charge in [0.2, 0.25) is 5.91 Å². The lowest BCUT2D eigenvalue weighted by Gasteiger charge is -2.18. The Morgan fingerprint density at radius 3 is 2.43 bits per heavy atom. The Morgan fingerprint density at radius 2 is 1.68 bits per heavy atom. The molecule has 0 aliphatic carbocycles. The first kappa shape index (κ1) is 18.2. The van der Waals surface area contributed by atoms with Gasteiger partial charge >= 0.3 is 0 Å². The summed E-state index contributed by atoms with van der Waals surface area (Å²) >= 11 is 0. The molecular formula is C21H18N2O4S. The first-order valence-electron chi connectivity index (χ1n) is 8.82. The third kappa shape index (κ3) is 3.03. The molecule has 1 unspecified atom stereocenters. The summed E-state index contributed by atoms with van der Waals surface area (Å²) in [5.41, 5.74) is 0.990. The number of fused-ring (bicyclic) bond motifs is 2. The molecule has 1 aliphatic rings. The molecule has 0 fully saturated rings. The molecule has 3 aromatic carbocycles. The van der Waals surface area contributed by atoms with E-state index in [0.29, 0.717) is 4.31 Å². The van der Waals surface area contributed by atoms with Crippen molar-refractivity contribution in [1.29, 1.82) is 0 Å².